The number of nitrogens with two attached hydrogens (primary N) is 1. The van der Waals surface area contributed by atoms with Gasteiger partial charge < -0.3 is 15.2 Å². The highest BCUT2D eigenvalue weighted by Crippen LogP contribution is 2.36. The number of hydrogen-bond donors (Lipinski definition) is 1. The summed E-state index contributed by atoms with van der Waals surface area (Å²) in [6.07, 6.45) is 0. The summed E-state index contributed by atoms with van der Waals surface area (Å²) in [4.78, 5) is 4.55. The number of rotatable bonds is 4. The Morgan fingerprint density at radius 2 is 1.89 bits per heavy atom. The Morgan fingerprint density at radius 3 is 2.42 bits per heavy atom. The predicted octanol–water partition coefficient (Wildman–Crippen LogP) is 3.16. The number of benzene rings is 1. The van der Waals surface area contributed by atoms with Crippen molar-refractivity contribution in [3.05, 3.63) is 28.1 Å². The van der Waals surface area contributed by atoms with Gasteiger partial charge in [0.15, 0.2) is 0 Å². The Morgan fingerprint density at radius 1 is 1.21 bits per heavy atom. The molecule has 0 saturated carbocycles. The first-order valence-electron chi connectivity index (χ1n) is 6.00. The molecule has 102 valence electrons. The molecule has 2 rings (SSSR count). The van der Waals surface area contributed by atoms with Gasteiger partial charge in [0.2, 0.25) is 0 Å². The van der Waals surface area contributed by atoms with Crippen LogP contribution < -0.4 is 15.2 Å². The third-order valence-electron chi connectivity index (χ3n) is 2.90. The number of aromatic nitrogens is 1. The molecule has 0 aliphatic carbocycles. The van der Waals surface area contributed by atoms with Gasteiger partial charge in [-0.3, -0.25) is 0 Å². The van der Waals surface area contributed by atoms with Gasteiger partial charge in [-0.05, 0) is 31.5 Å². The average molecular weight is 278 g/mol. The minimum absolute atomic E-state index is 0.0583. The van der Waals surface area contributed by atoms with Crippen LogP contribution in [0.3, 0.4) is 0 Å². The molecular weight excluding hydrogens is 260 g/mol. The van der Waals surface area contributed by atoms with E-state index in [1.807, 2.05) is 31.4 Å². The molecule has 0 aliphatic heterocycles. The van der Waals surface area contributed by atoms with Crippen LogP contribution in [0.5, 0.6) is 11.5 Å². The average Bonchev–Trinajstić information content (AvgIpc) is 2.88. The number of ether oxygens (including phenoxy) is 2. The first-order chi connectivity index (χ1) is 9.06. The van der Waals surface area contributed by atoms with Crippen LogP contribution in [-0.4, -0.2) is 19.2 Å². The van der Waals surface area contributed by atoms with E-state index in [1.165, 1.54) is 0 Å². The number of aryl methyl sites for hydroxylation is 1. The third kappa shape index (κ3) is 2.72. The monoisotopic (exact) mass is 278 g/mol. The van der Waals surface area contributed by atoms with Crippen molar-refractivity contribution in [1.82, 2.24) is 4.98 Å². The first-order valence-corrected chi connectivity index (χ1v) is 6.88. The Bertz CT molecular complexity index is 579. The molecule has 0 saturated heterocycles. The second-order valence-corrected chi connectivity index (χ2v) is 5.27. The van der Waals surface area contributed by atoms with Crippen LogP contribution in [0.4, 0.5) is 0 Å². The number of thiazole rings is 1. The van der Waals surface area contributed by atoms with Crippen LogP contribution in [0.25, 0.3) is 11.3 Å². The van der Waals surface area contributed by atoms with Gasteiger partial charge >= 0.3 is 0 Å². The number of nitrogens with zero attached hydrogens (tertiary/aromatic N) is 1. The Hall–Kier alpha value is -1.59. The summed E-state index contributed by atoms with van der Waals surface area (Å²) in [7, 11) is 3.32. The molecule has 1 heterocycles. The van der Waals surface area contributed by atoms with Gasteiger partial charge in [-0.25, -0.2) is 4.98 Å². The van der Waals surface area contributed by atoms with Crippen molar-refractivity contribution < 1.29 is 9.47 Å². The van der Waals surface area contributed by atoms with E-state index in [9.17, 15) is 0 Å². The van der Waals surface area contributed by atoms with E-state index in [0.717, 1.165) is 33.3 Å². The quantitative estimate of drug-likeness (QED) is 0.933. The van der Waals surface area contributed by atoms with E-state index in [1.54, 1.807) is 25.6 Å². The van der Waals surface area contributed by atoms with Crippen molar-refractivity contribution in [2.24, 2.45) is 5.73 Å². The topological polar surface area (TPSA) is 57.4 Å². The predicted molar refractivity (Wildman–Crippen MR) is 78.0 cm³/mol. The highest BCUT2D eigenvalue weighted by Gasteiger charge is 2.14. The van der Waals surface area contributed by atoms with Gasteiger partial charge in [0.05, 0.1) is 26.0 Å². The van der Waals surface area contributed by atoms with E-state index in [2.05, 4.69) is 4.98 Å². The van der Waals surface area contributed by atoms with Gasteiger partial charge in [-0.15, -0.1) is 11.3 Å². The smallest absolute Gasteiger partial charge is 0.128 e. The zero-order chi connectivity index (χ0) is 14.0. The zero-order valence-electron chi connectivity index (χ0n) is 11.6. The fourth-order valence-electron chi connectivity index (χ4n) is 1.87. The molecule has 19 heavy (non-hydrogen) atoms. The lowest BCUT2D eigenvalue weighted by molar-refractivity contribution is 0.401. The van der Waals surface area contributed by atoms with Crippen molar-refractivity contribution in [3.8, 4) is 22.8 Å². The number of hydrogen-bond acceptors (Lipinski definition) is 5. The molecule has 0 radical (unpaired) electrons. The molecule has 5 heteroatoms. The van der Waals surface area contributed by atoms with Crippen LogP contribution in [0.2, 0.25) is 0 Å². The van der Waals surface area contributed by atoms with Crippen LogP contribution >= 0.6 is 11.3 Å². The van der Waals surface area contributed by atoms with Crippen molar-refractivity contribution in [3.63, 3.8) is 0 Å². The van der Waals surface area contributed by atoms with Crippen LogP contribution in [0, 0.1) is 6.92 Å². The van der Waals surface area contributed by atoms with Crippen molar-refractivity contribution in [1.29, 1.82) is 0 Å². The summed E-state index contributed by atoms with van der Waals surface area (Å²) in [6, 6.07) is 3.85. The molecule has 1 unspecified atom stereocenters. The lowest BCUT2D eigenvalue weighted by Gasteiger charge is -2.11. The van der Waals surface area contributed by atoms with Gasteiger partial charge in [-0.1, -0.05) is 0 Å². The first kappa shape index (κ1) is 13.8. The highest BCUT2D eigenvalue weighted by molar-refractivity contribution is 7.10. The molecule has 0 amide bonds. The summed E-state index contributed by atoms with van der Waals surface area (Å²) in [5.74, 6) is 1.62. The summed E-state index contributed by atoms with van der Waals surface area (Å²) < 4.78 is 10.8. The molecule has 1 aromatic carbocycles. The summed E-state index contributed by atoms with van der Waals surface area (Å²) in [5, 5.41) is 2.90. The molecule has 1 atom stereocenters. The Labute approximate surface area is 117 Å². The largest absolute Gasteiger partial charge is 0.496 e. The summed E-state index contributed by atoms with van der Waals surface area (Å²) in [6.45, 7) is 3.91. The molecule has 2 aromatic rings. The molecule has 0 fully saturated rings. The molecule has 0 aliphatic rings. The van der Waals surface area contributed by atoms with Gasteiger partial charge in [-0.2, -0.15) is 0 Å². The van der Waals surface area contributed by atoms with E-state index < -0.39 is 0 Å². The van der Waals surface area contributed by atoms with Crippen LogP contribution in [0.1, 0.15) is 23.5 Å². The zero-order valence-corrected chi connectivity index (χ0v) is 12.4. The Balaban J connectivity index is 2.52. The lowest BCUT2D eigenvalue weighted by atomic mass is 10.1. The maximum Gasteiger partial charge on any atom is 0.128 e. The maximum absolute atomic E-state index is 5.85. The van der Waals surface area contributed by atoms with Gasteiger partial charge in [0.1, 0.15) is 16.5 Å². The van der Waals surface area contributed by atoms with E-state index in [0.29, 0.717) is 0 Å². The van der Waals surface area contributed by atoms with Crippen molar-refractivity contribution in [2.75, 3.05) is 14.2 Å². The van der Waals surface area contributed by atoms with Gasteiger partial charge in [0, 0.05) is 10.9 Å². The van der Waals surface area contributed by atoms with Gasteiger partial charge in [0.25, 0.3) is 0 Å². The maximum atomic E-state index is 5.85. The highest BCUT2D eigenvalue weighted by atomic mass is 32.1. The van der Waals surface area contributed by atoms with E-state index in [-0.39, 0.29) is 6.04 Å². The molecule has 1 aromatic heterocycles. The summed E-state index contributed by atoms with van der Waals surface area (Å²) >= 11 is 1.56. The van der Waals surface area contributed by atoms with E-state index >= 15 is 0 Å². The molecule has 0 spiro atoms. The molecule has 4 nitrogen and oxygen atoms in total. The van der Waals surface area contributed by atoms with Crippen LogP contribution in [0.15, 0.2) is 17.5 Å². The second kappa shape index (κ2) is 5.59. The van der Waals surface area contributed by atoms with E-state index in [4.69, 9.17) is 15.2 Å². The fraction of sp³-hybridized carbons (Fsp3) is 0.357. The minimum Gasteiger partial charge on any atom is -0.496 e. The molecular formula is C14H18N2O2S. The molecule has 0 bridgehead atoms. The third-order valence-corrected chi connectivity index (χ3v) is 3.95. The summed E-state index contributed by atoms with van der Waals surface area (Å²) in [5.41, 5.74) is 8.67. The molecule has 2 N–H and O–H groups in total. The number of methoxy groups -OCH3 is 2. The SMILES string of the molecule is COc1cc(-c2csc(C(C)N)n2)c(OC)cc1C. The van der Waals surface area contributed by atoms with Crippen molar-refractivity contribution in [2.45, 2.75) is 19.9 Å². The fourth-order valence-corrected chi connectivity index (χ4v) is 2.65. The Kier molecular flexibility index (Phi) is 4.07. The van der Waals surface area contributed by atoms with Crippen molar-refractivity contribution >= 4 is 11.3 Å². The second-order valence-electron chi connectivity index (χ2n) is 4.38. The normalized spacial score (nSPS) is 12.3. The lowest BCUT2D eigenvalue weighted by Crippen LogP contribution is -2.04. The standard InChI is InChI=1S/C14H18N2O2S/c1-8-5-13(18-4)10(6-12(8)17-3)11-7-19-14(16-11)9(2)15/h5-7,9H,15H2,1-4H3. The minimum atomic E-state index is -0.0583. The van der Waals surface area contributed by atoms with Crippen LogP contribution in [-0.2, 0) is 0 Å².